The number of alkyl halides is 3. The lowest BCUT2D eigenvalue weighted by Crippen LogP contribution is -2.22. The monoisotopic (exact) mass is 341 g/mol. The quantitative estimate of drug-likeness (QED) is 0.782. The highest BCUT2D eigenvalue weighted by Crippen LogP contribution is 2.37. The normalized spacial score (nSPS) is 12.7. The molecule has 0 unspecified atom stereocenters. The minimum atomic E-state index is -4.60. The lowest BCUT2D eigenvalue weighted by molar-refractivity contribution is -0.137. The van der Waals surface area contributed by atoms with Crippen LogP contribution in [0, 0.1) is 0 Å². The molecule has 0 spiro atoms. The summed E-state index contributed by atoms with van der Waals surface area (Å²) in [7, 11) is 0. The van der Waals surface area contributed by atoms with E-state index in [1.165, 1.54) is 12.1 Å². The Labute approximate surface area is 137 Å². The van der Waals surface area contributed by atoms with Gasteiger partial charge in [0.05, 0.1) is 17.2 Å². The fraction of sp³-hybridized carbons (Fsp3) is 0.235. The third-order valence-corrected chi connectivity index (χ3v) is 3.71. The first-order chi connectivity index (χ1) is 10.8. The summed E-state index contributed by atoms with van der Waals surface area (Å²) in [5.74, 6) is -1.00. The number of hydrogen-bond acceptors (Lipinski definition) is 1. The van der Waals surface area contributed by atoms with Crippen molar-refractivity contribution >= 4 is 23.2 Å². The Morgan fingerprint density at radius 1 is 1.17 bits per heavy atom. The van der Waals surface area contributed by atoms with E-state index in [9.17, 15) is 18.0 Å². The molecule has 2 aromatic carbocycles. The largest absolute Gasteiger partial charge is 0.418 e. The molecule has 1 amide bonds. The molecule has 0 aliphatic rings. The second kappa shape index (κ2) is 7.04. The van der Waals surface area contributed by atoms with Gasteiger partial charge in [-0.25, -0.2) is 0 Å². The van der Waals surface area contributed by atoms with Gasteiger partial charge >= 0.3 is 6.18 Å². The predicted molar refractivity (Wildman–Crippen MR) is 84.6 cm³/mol. The van der Waals surface area contributed by atoms with E-state index in [0.29, 0.717) is 6.42 Å². The van der Waals surface area contributed by atoms with Gasteiger partial charge in [-0.2, -0.15) is 13.2 Å². The first kappa shape index (κ1) is 17.3. The van der Waals surface area contributed by atoms with Crippen LogP contribution in [0.3, 0.4) is 0 Å². The van der Waals surface area contributed by atoms with Crippen molar-refractivity contribution in [1.82, 2.24) is 0 Å². The SMILES string of the molecule is CC[C@@H](C(=O)Nc1ccc(Cl)cc1C(F)(F)F)c1ccccc1. The van der Waals surface area contributed by atoms with Gasteiger partial charge < -0.3 is 5.32 Å². The molecule has 1 N–H and O–H groups in total. The summed E-state index contributed by atoms with van der Waals surface area (Å²) in [6.07, 6.45) is -4.12. The molecule has 0 saturated heterocycles. The van der Waals surface area contributed by atoms with Gasteiger partial charge in [0.1, 0.15) is 0 Å². The molecule has 2 nitrogen and oxygen atoms in total. The molecular weight excluding hydrogens is 327 g/mol. The van der Waals surface area contributed by atoms with E-state index in [1.54, 1.807) is 24.3 Å². The molecule has 0 bridgehead atoms. The molecular formula is C17H15ClF3NO. The zero-order chi connectivity index (χ0) is 17.0. The number of nitrogens with one attached hydrogen (secondary N) is 1. The van der Waals surface area contributed by atoms with Gasteiger partial charge in [0, 0.05) is 5.02 Å². The summed E-state index contributed by atoms with van der Waals surface area (Å²) in [6, 6.07) is 12.2. The number of rotatable bonds is 4. The average Bonchev–Trinajstić information content (AvgIpc) is 2.50. The molecule has 122 valence electrons. The maximum absolute atomic E-state index is 13.1. The van der Waals surface area contributed by atoms with Crippen molar-refractivity contribution in [3.05, 3.63) is 64.7 Å². The van der Waals surface area contributed by atoms with E-state index >= 15 is 0 Å². The van der Waals surface area contributed by atoms with E-state index in [2.05, 4.69) is 5.32 Å². The van der Waals surface area contributed by atoms with Crippen LogP contribution in [0.2, 0.25) is 5.02 Å². The van der Waals surface area contributed by atoms with Gasteiger partial charge in [0.2, 0.25) is 5.91 Å². The van der Waals surface area contributed by atoms with Gasteiger partial charge in [-0.1, -0.05) is 48.9 Å². The first-order valence-corrected chi connectivity index (χ1v) is 7.43. The van der Waals surface area contributed by atoms with E-state index in [0.717, 1.165) is 11.6 Å². The Kier molecular flexibility index (Phi) is 5.31. The summed E-state index contributed by atoms with van der Waals surface area (Å²) >= 11 is 5.63. The summed E-state index contributed by atoms with van der Waals surface area (Å²) in [5, 5.41) is 2.34. The van der Waals surface area contributed by atoms with E-state index in [1.807, 2.05) is 13.0 Å². The minimum Gasteiger partial charge on any atom is -0.325 e. The molecule has 0 saturated carbocycles. The van der Waals surface area contributed by atoms with Gasteiger partial charge in [-0.3, -0.25) is 4.79 Å². The number of amides is 1. The molecule has 23 heavy (non-hydrogen) atoms. The van der Waals surface area contributed by atoms with Crippen LogP contribution in [0.4, 0.5) is 18.9 Å². The molecule has 0 aliphatic carbocycles. The average molecular weight is 342 g/mol. The number of carbonyl (C=O) groups excluding carboxylic acids is 1. The van der Waals surface area contributed by atoms with E-state index < -0.39 is 23.6 Å². The van der Waals surface area contributed by atoms with Crippen molar-refractivity contribution in [3.8, 4) is 0 Å². The molecule has 0 fully saturated rings. The maximum Gasteiger partial charge on any atom is 0.418 e. The Morgan fingerprint density at radius 3 is 2.39 bits per heavy atom. The van der Waals surface area contributed by atoms with Gasteiger partial charge in [0.15, 0.2) is 0 Å². The highest BCUT2D eigenvalue weighted by Gasteiger charge is 2.34. The number of anilines is 1. The second-order valence-corrected chi connectivity index (χ2v) is 5.48. The highest BCUT2D eigenvalue weighted by atomic mass is 35.5. The van der Waals surface area contributed by atoms with Crippen molar-refractivity contribution in [3.63, 3.8) is 0 Å². The van der Waals surface area contributed by atoms with Crippen molar-refractivity contribution in [2.45, 2.75) is 25.4 Å². The Balaban J connectivity index is 2.30. The Hall–Kier alpha value is -2.01. The zero-order valence-corrected chi connectivity index (χ0v) is 13.1. The molecule has 2 aromatic rings. The summed E-state index contributed by atoms with van der Waals surface area (Å²) < 4.78 is 39.2. The van der Waals surface area contributed by atoms with Crippen molar-refractivity contribution < 1.29 is 18.0 Å². The van der Waals surface area contributed by atoms with Crippen LogP contribution in [0.25, 0.3) is 0 Å². The molecule has 0 radical (unpaired) electrons. The van der Waals surface area contributed by atoms with Crippen molar-refractivity contribution in [1.29, 1.82) is 0 Å². The topological polar surface area (TPSA) is 29.1 Å². The zero-order valence-electron chi connectivity index (χ0n) is 12.3. The third-order valence-electron chi connectivity index (χ3n) is 3.47. The van der Waals surface area contributed by atoms with E-state index in [-0.39, 0.29) is 10.7 Å². The molecule has 1 atom stereocenters. The Bertz CT molecular complexity index is 686. The van der Waals surface area contributed by atoms with Crippen LogP contribution in [0.1, 0.15) is 30.4 Å². The predicted octanol–water partition coefficient (Wildman–Crippen LogP) is 5.49. The second-order valence-electron chi connectivity index (χ2n) is 5.05. The number of hydrogen-bond donors (Lipinski definition) is 1. The Morgan fingerprint density at radius 2 is 1.83 bits per heavy atom. The van der Waals surface area contributed by atoms with Crippen LogP contribution in [0.15, 0.2) is 48.5 Å². The molecule has 2 rings (SSSR count). The van der Waals surface area contributed by atoms with Gasteiger partial charge in [-0.15, -0.1) is 0 Å². The molecule has 0 aliphatic heterocycles. The van der Waals surface area contributed by atoms with E-state index in [4.69, 9.17) is 11.6 Å². The third kappa shape index (κ3) is 4.26. The number of benzene rings is 2. The molecule has 0 aromatic heterocycles. The highest BCUT2D eigenvalue weighted by molar-refractivity contribution is 6.30. The summed E-state index contributed by atoms with van der Waals surface area (Å²) in [4.78, 5) is 12.4. The summed E-state index contributed by atoms with van der Waals surface area (Å²) in [5.41, 5.74) is -0.488. The van der Waals surface area contributed by atoms with Gasteiger partial charge in [-0.05, 0) is 30.2 Å². The minimum absolute atomic E-state index is 0.0366. The lowest BCUT2D eigenvalue weighted by Gasteiger charge is -2.18. The number of halogens is 4. The fourth-order valence-corrected chi connectivity index (χ4v) is 2.51. The smallest absolute Gasteiger partial charge is 0.325 e. The van der Waals surface area contributed by atoms with Crippen LogP contribution in [0.5, 0.6) is 0 Å². The molecule has 6 heteroatoms. The van der Waals surface area contributed by atoms with Crippen molar-refractivity contribution in [2.75, 3.05) is 5.32 Å². The van der Waals surface area contributed by atoms with Crippen LogP contribution >= 0.6 is 11.6 Å². The first-order valence-electron chi connectivity index (χ1n) is 7.05. The van der Waals surface area contributed by atoms with Crippen LogP contribution < -0.4 is 5.32 Å². The fourth-order valence-electron chi connectivity index (χ4n) is 2.34. The van der Waals surface area contributed by atoms with Crippen LogP contribution in [-0.2, 0) is 11.0 Å². The molecule has 0 heterocycles. The maximum atomic E-state index is 13.1. The standard InChI is InChI=1S/C17H15ClF3NO/c1-2-13(11-6-4-3-5-7-11)16(23)22-15-9-8-12(18)10-14(15)17(19,20)21/h3-10,13H,2H2,1H3,(H,22,23)/t13-/m1/s1. The van der Waals surface area contributed by atoms with Crippen LogP contribution in [-0.4, -0.2) is 5.91 Å². The lowest BCUT2D eigenvalue weighted by atomic mass is 9.95. The number of carbonyl (C=O) groups is 1. The van der Waals surface area contributed by atoms with Gasteiger partial charge in [0.25, 0.3) is 0 Å². The van der Waals surface area contributed by atoms with Crippen molar-refractivity contribution in [2.24, 2.45) is 0 Å². The summed E-state index contributed by atoms with van der Waals surface area (Å²) in [6.45, 7) is 1.81.